The van der Waals surface area contributed by atoms with Gasteiger partial charge in [-0.1, -0.05) is 93.9 Å². The molecule has 1 nitrogen and oxygen atoms in total. The fraction of sp³-hybridized carbons (Fsp3) is 0.742. The number of hydrogen-bond donors (Lipinski definition) is 0. The van der Waals surface area contributed by atoms with Crippen LogP contribution in [0.3, 0.4) is 0 Å². The maximum atomic E-state index is 6.98. The van der Waals surface area contributed by atoms with Crippen molar-refractivity contribution in [3.05, 3.63) is 26.9 Å². The lowest BCUT2D eigenvalue weighted by molar-refractivity contribution is 0.0323. The number of ether oxygens (including phenoxy) is 1. The first-order valence-corrected chi connectivity index (χ1v) is 16.8. The van der Waals surface area contributed by atoms with Gasteiger partial charge in [0.2, 0.25) is 0 Å². The Hall–Kier alpha value is -0.320. The van der Waals surface area contributed by atoms with Gasteiger partial charge in [0.15, 0.2) is 0 Å². The molecule has 0 saturated carbocycles. The Bertz CT molecular complexity index is 826. The highest BCUT2D eigenvalue weighted by Gasteiger charge is 2.42. The van der Waals surface area contributed by atoms with Gasteiger partial charge in [-0.05, 0) is 82.8 Å². The standard InChI is InChI=1S/C29H45BrOS2.C2H6/c1-20(2)9-7-11-22(5)13-16-29(17-14-23(6)12-8-10-21(3)4)24-19-26(30)33-27(24)28-25(31-29)15-18-32-28;1-2/h15,18-23H,7-14,16-17H2,1-6H3;1-2H3. The maximum Gasteiger partial charge on any atom is 0.140 e. The Morgan fingerprint density at radius 3 is 1.86 bits per heavy atom. The van der Waals surface area contributed by atoms with Crippen molar-refractivity contribution in [3.8, 4) is 15.5 Å². The minimum Gasteiger partial charge on any atom is -0.481 e. The van der Waals surface area contributed by atoms with E-state index in [4.69, 9.17) is 4.74 Å². The summed E-state index contributed by atoms with van der Waals surface area (Å²) in [4.78, 5) is 2.77. The van der Waals surface area contributed by atoms with Crippen LogP contribution in [0.2, 0.25) is 0 Å². The summed E-state index contributed by atoms with van der Waals surface area (Å²) in [6.45, 7) is 18.3. The molecule has 1 aliphatic heterocycles. The highest BCUT2D eigenvalue weighted by molar-refractivity contribution is 9.11. The van der Waals surface area contributed by atoms with E-state index in [2.05, 4.69) is 75.0 Å². The van der Waals surface area contributed by atoms with Crippen LogP contribution in [0.25, 0.3) is 9.75 Å². The van der Waals surface area contributed by atoms with Crippen LogP contribution >= 0.6 is 38.6 Å². The number of rotatable bonds is 14. The van der Waals surface area contributed by atoms with Gasteiger partial charge in [0.25, 0.3) is 0 Å². The average molecular weight is 584 g/mol. The Kier molecular flexibility index (Phi) is 13.4. The van der Waals surface area contributed by atoms with Crippen LogP contribution in [-0.2, 0) is 5.60 Å². The van der Waals surface area contributed by atoms with E-state index in [0.29, 0.717) is 0 Å². The minimum absolute atomic E-state index is 0.176. The minimum atomic E-state index is -0.176. The van der Waals surface area contributed by atoms with Crippen LogP contribution in [0.1, 0.15) is 125 Å². The molecule has 0 amide bonds. The molecule has 0 fully saturated rings. The number of halogens is 1. The molecular formula is C31H51BrOS2. The second-order valence-electron chi connectivity index (χ2n) is 11.4. The van der Waals surface area contributed by atoms with Gasteiger partial charge in [0.05, 0.1) is 13.5 Å². The van der Waals surface area contributed by atoms with Crippen LogP contribution < -0.4 is 4.74 Å². The van der Waals surface area contributed by atoms with Gasteiger partial charge in [0.1, 0.15) is 11.4 Å². The molecule has 1 aliphatic rings. The second-order valence-corrected chi connectivity index (χ2v) is 14.8. The summed E-state index contributed by atoms with van der Waals surface area (Å²) in [5, 5.41) is 2.20. The molecule has 0 N–H and O–H groups in total. The fourth-order valence-corrected chi connectivity index (χ4v) is 7.84. The largest absolute Gasteiger partial charge is 0.481 e. The van der Waals surface area contributed by atoms with Gasteiger partial charge in [-0.15, -0.1) is 22.7 Å². The highest BCUT2D eigenvalue weighted by atomic mass is 79.9. The molecule has 0 aromatic carbocycles. The molecular weight excluding hydrogens is 532 g/mol. The zero-order valence-corrected chi connectivity index (χ0v) is 26.9. The molecule has 0 saturated heterocycles. The van der Waals surface area contributed by atoms with Crippen molar-refractivity contribution in [3.63, 3.8) is 0 Å². The lowest BCUT2D eigenvalue weighted by Gasteiger charge is -2.39. The molecule has 2 atom stereocenters. The molecule has 0 radical (unpaired) electrons. The van der Waals surface area contributed by atoms with Crippen molar-refractivity contribution in [2.24, 2.45) is 23.7 Å². The monoisotopic (exact) mass is 582 g/mol. The Morgan fingerprint density at radius 2 is 1.34 bits per heavy atom. The lowest BCUT2D eigenvalue weighted by atomic mass is 9.79. The summed E-state index contributed by atoms with van der Waals surface area (Å²) in [7, 11) is 0. The zero-order chi connectivity index (χ0) is 26.0. The molecule has 0 bridgehead atoms. The number of thiophene rings is 2. The van der Waals surface area contributed by atoms with Crippen LogP contribution in [0.4, 0.5) is 0 Å². The van der Waals surface area contributed by atoms with Crippen molar-refractivity contribution >= 4 is 38.6 Å². The van der Waals surface area contributed by atoms with Gasteiger partial charge in [-0.2, -0.15) is 0 Å². The van der Waals surface area contributed by atoms with E-state index in [1.807, 2.05) is 36.5 Å². The third kappa shape index (κ3) is 9.18. The van der Waals surface area contributed by atoms with Crippen LogP contribution in [0.5, 0.6) is 5.75 Å². The maximum absolute atomic E-state index is 6.98. The van der Waals surface area contributed by atoms with Crippen LogP contribution in [0, 0.1) is 23.7 Å². The molecule has 2 unspecified atom stereocenters. The smallest absolute Gasteiger partial charge is 0.140 e. The van der Waals surface area contributed by atoms with E-state index < -0.39 is 0 Å². The van der Waals surface area contributed by atoms with E-state index in [-0.39, 0.29) is 5.60 Å². The van der Waals surface area contributed by atoms with E-state index in [0.717, 1.165) is 42.3 Å². The summed E-state index contributed by atoms with van der Waals surface area (Å²) in [6.07, 6.45) is 12.8. The summed E-state index contributed by atoms with van der Waals surface area (Å²) in [5.41, 5.74) is 1.27. The predicted octanol–water partition coefficient (Wildman–Crippen LogP) is 12.3. The van der Waals surface area contributed by atoms with Gasteiger partial charge < -0.3 is 4.74 Å². The molecule has 3 rings (SSSR count). The molecule has 4 heteroatoms. The SMILES string of the molecule is CC.CC(C)CCCC(C)CCC1(CCC(C)CCCC(C)C)Oc2ccsc2-c2sc(Br)cc21. The lowest BCUT2D eigenvalue weighted by Crippen LogP contribution is -2.36. The molecule has 35 heavy (non-hydrogen) atoms. The van der Waals surface area contributed by atoms with Crippen molar-refractivity contribution < 1.29 is 4.74 Å². The van der Waals surface area contributed by atoms with E-state index in [9.17, 15) is 0 Å². The Balaban J connectivity index is 0.00000210. The van der Waals surface area contributed by atoms with Gasteiger partial charge in [-0.3, -0.25) is 0 Å². The molecule has 200 valence electrons. The zero-order valence-electron chi connectivity index (χ0n) is 23.7. The van der Waals surface area contributed by atoms with Crippen LogP contribution in [0.15, 0.2) is 21.3 Å². The first-order chi connectivity index (χ1) is 16.7. The van der Waals surface area contributed by atoms with Gasteiger partial charge in [0, 0.05) is 5.56 Å². The topological polar surface area (TPSA) is 9.23 Å². The predicted molar refractivity (Wildman–Crippen MR) is 163 cm³/mol. The van der Waals surface area contributed by atoms with E-state index >= 15 is 0 Å². The molecule has 0 aliphatic carbocycles. The van der Waals surface area contributed by atoms with Crippen LogP contribution in [-0.4, -0.2) is 0 Å². The normalized spacial score (nSPS) is 18.5. The first kappa shape index (κ1) is 30.9. The van der Waals surface area contributed by atoms with Crippen molar-refractivity contribution in [1.29, 1.82) is 0 Å². The molecule has 2 aromatic rings. The van der Waals surface area contributed by atoms with Gasteiger partial charge >= 0.3 is 0 Å². The summed E-state index contributed by atoms with van der Waals surface area (Å²) < 4.78 is 8.21. The second kappa shape index (κ2) is 15.2. The average Bonchev–Trinajstić information content (AvgIpc) is 3.43. The summed E-state index contributed by atoms with van der Waals surface area (Å²) in [5.74, 6) is 4.24. The van der Waals surface area contributed by atoms with E-state index in [1.165, 1.54) is 70.5 Å². The first-order valence-electron chi connectivity index (χ1n) is 14.3. The molecule has 0 spiro atoms. The van der Waals surface area contributed by atoms with Gasteiger partial charge in [-0.25, -0.2) is 0 Å². The van der Waals surface area contributed by atoms with Crippen molar-refractivity contribution in [1.82, 2.24) is 0 Å². The quantitative estimate of drug-likeness (QED) is 0.215. The fourth-order valence-electron chi connectivity index (χ4n) is 5.17. The molecule has 3 heterocycles. The Morgan fingerprint density at radius 1 is 0.800 bits per heavy atom. The third-order valence-corrected chi connectivity index (χ3v) is 10.1. The van der Waals surface area contributed by atoms with E-state index in [1.54, 1.807) is 0 Å². The number of fused-ring (bicyclic) bond motifs is 3. The Labute approximate surface area is 233 Å². The van der Waals surface area contributed by atoms with Crippen molar-refractivity contribution in [2.45, 2.75) is 125 Å². The summed E-state index contributed by atoms with van der Waals surface area (Å²) >= 11 is 7.52. The number of hydrogen-bond acceptors (Lipinski definition) is 3. The highest BCUT2D eigenvalue weighted by Crippen LogP contribution is 2.55. The molecule has 2 aromatic heterocycles. The van der Waals surface area contributed by atoms with Crippen molar-refractivity contribution in [2.75, 3.05) is 0 Å². The third-order valence-electron chi connectivity index (χ3n) is 7.37. The summed E-state index contributed by atoms with van der Waals surface area (Å²) in [6, 6.07) is 4.57.